The van der Waals surface area contributed by atoms with E-state index in [0.29, 0.717) is 10.8 Å². The maximum absolute atomic E-state index is 5.86. The van der Waals surface area contributed by atoms with Crippen LogP contribution in [0.15, 0.2) is 0 Å². The Morgan fingerprint density at radius 3 is 2.13 bits per heavy atom. The molecule has 2 fully saturated rings. The van der Waals surface area contributed by atoms with Crippen LogP contribution < -0.4 is 11.1 Å². The third-order valence-corrected chi connectivity index (χ3v) is 4.71. The van der Waals surface area contributed by atoms with Crippen molar-refractivity contribution in [1.82, 2.24) is 5.32 Å². The summed E-state index contributed by atoms with van der Waals surface area (Å²) in [7, 11) is 0. The summed E-state index contributed by atoms with van der Waals surface area (Å²) in [5, 5.41) is 3.68. The molecule has 15 heavy (non-hydrogen) atoms. The molecule has 88 valence electrons. The predicted octanol–water partition coefficient (Wildman–Crippen LogP) is 2.29. The molecular formula is C13H26N2. The van der Waals surface area contributed by atoms with Crippen molar-refractivity contribution < 1.29 is 0 Å². The average Bonchev–Trinajstić information content (AvgIpc) is 2.58. The lowest BCUT2D eigenvalue weighted by atomic mass is 9.68. The molecule has 0 aromatic rings. The molecule has 0 aliphatic heterocycles. The van der Waals surface area contributed by atoms with Gasteiger partial charge in [-0.15, -0.1) is 0 Å². The van der Waals surface area contributed by atoms with Crippen molar-refractivity contribution in [3.05, 3.63) is 0 Å². The van der Waals surface area contributed by atoms with Crippen molar-refractivity contribution in [2.45, 2.75) is 51.9 Å². The number of hydrogen-bond donors (Lipinski definition) is 2. The predicted molar refractivity (Wildman–Crippen MR) is 64.8 cm³/mol. The Morgan fingerprint density at radius 1 is 1.00 bits per heavy atom. The second-order valence-corrected chi connectivity index (χ2v) is 6.18. The van der Waals surface area contributed by atoms with Gasteiger partial charge in [-0.2, -0.15) is 0 Å². The third-order valence-electron chi connectivity index (χ3n) is 4.71. The van der Waals surface area contributed by atoms with Gasteiger partial charge in [0.1, 0.15) is 0 Å². The van der Waals surface area contributed by atoms with Gasteiger partial charge in [0, 0.05) is 13.1 Å². The van der Waals surface area contributed by atoms with Crippen molar-refractivity contribution >= 4 is 0 Å². The maximum Gasteiger partial charge on any atom is 0.00201 e. The topological polar surface area (TPSA) is 38.0 Å². The molecule has 0 amide bonds. The molecule has 2 aliphatic rings. The molecule has 3 N–H and O–H groups in total. The van der Waals surface area contributed by atoms with Gasteiger partial charge >= 0.3 is 0 Å². The van der Waals surface area contributed by atoms with E-state index in [0.717, 1.165) is 13.1 Å². The van der Waals surface area contributed by atoms with Gasteiger partial charge in [-0.25, -0.2) is 0 Å². The van der Waals surface area contributed by atoms with Crippen LogP contribution in [0.25, 0.3) is 0 Å². The number of nitrogens with one attached hydrogen (secondary N) is 1. The largest absolute Gasteiger partial charge is 0.330 e. The first-order valence-corrected chi connectivity index (χ1v) is 6.59. The van der Waals surface area contributed by atoms with Crippen LogP contribution in [0.5, 0.6) is 0 Å². The van der Waals surface area contributed by atoms with E-state index in [2.05, 4.69) is 12.2 Å². The summed E-state index contributed by atoms with van der Waals surface area (Å²) in [6, 6.07) is 0. The zero-order chi connectivity index (χ0) is 10.8. The minimum atomic E-state index is 0.467. The number of hydrogen-bond acceptors (Lipinski definition) is 2. The van der Waals surface area contributed by atoms with Crippen LogP contribution in [0, 0.1) is 10.8 Å². The first-order valence-electron chi connectivity index (χ1n) is 6.59. The highest BCUT2D eigenvalue weighted by molar-refractivity contribution is 4.91. The van der Waals surface area contributed by atoms with Crippen molar-refractivity contribution in [2.24, 2.45) is 16.6 Å². The van der Waals surface area contributed by atoms with Crippen LogP contribution in [0.2, 0.25) is 0 Å². The van der Waals surface area contributed by atoms with Crippen molar-refractivity contribution in [2.75, 3.05) is 19.6 Å². The summed E-state index contributed by atoms with van der Waals surface area (Å²) in [5.41, 5.74) is 6.91. The number of rotatable bonds is 5. The van der Waals surface area contributed by atoms with E-state index in [1.165, 1.54) is 51.5 Å². The van der Waals surface area contributed by atoms with E-state index in [1.807, 2.05) is 0 Å². The van der Waals surface area contributed by atoms with E-state index in [4.69, 9.17) is 5.73 Å². The van der Waals surface area contributed by atoms with Crippen LogP contribution in [0.4, 0.5) is 0 Å². The zero-order valence-electron chi connectivity index (χ0n) is 10.1. The molecule has 0 saturated heterocycles. The van der Waals surface area contributed by atoms with E-state index >= 15 is 0 Å². The van der Waals surface area contributed by atoms with Gasteiger partial charge in [-0.05, 0) is 43.1 Å². The Labute approximate surface area is 94.0 Å². The molecule has 2 nitrogen and oxygen atoms in total. The summed E-state index contributed by atoms with van der Waals surface area (Å²) in [6.45, 7) is 5.66. The Balaban J connectivity index is 1.69. The lowest BCUT2D eigenvalue weighted by molar-refractivity contribution is 0.134. The highest BCUT2D eigenvalue weighted by atomic mass is 14.9. The summed E-state index contributed by atoms with van der Waals surface area (Å²) >= 11 is 0. The fourth-order valence-electron chi connectivity index (χ4n) is 3.16. The van der Waals surface area contributed by atoms with E-state index < -0.39 is 0 Å². The third kappa shape index (κ3) is 2.54. The van der Waals surface area contributed by atoms with E-state index in [1.54, 1.807) is 0 Å². The van der Waals surface area contributed by atoms with Gasteiger partial charge < -0.3 is 11.1 Å². The smallest absolute Gasteiger partial charge is 0.00201 e. The minimum Gasteiger partial charge on any atom is -0.330 e. The molecule has 0 unspecified atom stereocenters. The Bertz CT molecular complexity index is 195. The van der Waals surface area contributed by atoms with Crippen LogP contribution in [0.3, 0.4) is 0 Å². The van der Waals surface area contributed by atoms with Gasteiger partial charge in [0.05, 0.1) is 0 Å². The molecule has 0 heterocycles. The summed E-state index contributed by atoms with van der Waals surface area (Å²) in [4.78, 5) is 0. The molecular weight excluding hydrogens is 184 g/mol. The van der Waals surface area contributed by atoms with Crippen LogP contribution in [0.1, 0.15) is 51.9 Å². The molecule has 2 saturated carbocycles. The van der Waals surface area contributed by atoms with Gasteiger partial charge in [0.15, 0.2) is 0 Å². The maximum atomic E-state index is 5.86. The summed E-state index contributed by atoms with van der Waals surface area (Å²) in [6.07, 6.45) is 9.75. The van der Waals surface area contributed by atoms with Gasteiger partial charge in [-0.1, -0.05) is 26.2 Å². The fraction of sp³-hybridized carbons (Fsp3) is 1.00. The van der Waals surface area contributed by atoms with Gasteiger partial charge in [0.2, 0.25) is 0 Å². The van der Waals surface area contributed by atoms with Gasteiger partial charge in [0.25, 0.3) is 0 Å². The van der Waals surface area contributed by atoms with Crippen LogP contribution in [-0.2, 0) is 0 Å². The molecule has 2 rings (SSSR count). The van der Waals surface area contributed by atoms with E-state index in [-0.39, 0.29) is 0 Å². The number of nitrogens with two attached hydrogens (primary N) is 1. The Kier molecular flexibility index (Phi) is 3.36. The van der Waals surface area contributed by atoms with Crippen molar-refractivity contribution in [3.63, 3.8) is 0 Å². The highest BCUT2D eigenvalue weighted by Gasteiger charge is 2.36. The first kappa shape index (κ1) is 11.4. The first-order chi connectivity index (χ1) is 7.18. The molecule has 2 heteroatoms. The fourth-order valence-corrected chi connectivity index (χ4v) is 3.16. The molecule has 0 aromatic heterocycles. The van der Waals surface area contributed by atoms with Crippen molar-refractivity contribution in [3.8, 4) is 0 Å². The standard InChI is InChI=1S/C13H26N2/c1-12(5-2-3-6-12)10-15-11-13(9-14)7-4-8-13/h15H,2-11,14H2,1H3. The molecule has 0 aromatic carbocycles. The van der Waals surface area contributed by atoms with Crippen LogP contribution >= 0.6 is 0 Å². The lowest BCUT2D eigenvalue weighted by Crippen LogP contribution is -2.47. The lowest BCUT2D eigenvalue weighted by Gasteiger charge is -2.42. The van der Waals surface area contributed by atoms with Crippen molar-refractivity contribution in [1.29, 1.82) is 0 Å². The normalized spacial score (nSPS) is 27.6. The quantitative estimate of drug-likeness (QED) is 0.730. The highest BCUT2D eigenvalue weighted by Crippen LogP contribution is 2.40. The average molecular weight is 210 g/mol. The monoisotopic (exact) mass is 210 g/mol. The molecule has 2 aliphatic carbocycles. The molecule has 0 radical (unpaired) electrons. The molecule has 0 spiro atoms. The van der Waals surface area contributed by atoms with E-state index in [9.17, 15) is 0 Å². The minimum absolute atomic E-state index is 0.467. The second kappa shape index (κ2) is 4.42. The van der Waals surface area contributed by atoms with Crippen LogP contribution in [-0.4, -0.2) is 19.6 Å². The SMILES string of the molecule is CC1(CNCC2(CN)CCC2)CCCC1. The summed E-state index contributed by atoms with van der Waals surface area (Å²) in [5.74, 6) is 0. The Morgan fingerprint density at radius 2 is 1.67 bits per heavy atom. The molecule has 0 atom stereocenters. The second-order valence-electron chi connectivity index (χ2n) is 6.18. The summed E-state index contributed by atoms with van der Waals surface area (Å²) < 4.78 is 0. The zero-order valence-corrected chi connectivity index (χ0v) is 10.1. The van der Waals surface area contributed by atoms with Gasteiger partial charge in [-0.3, -0.25) is 0 Å². The molecule has 0 bridgehead atoms. The Hall–Kier alpha value is -0.0800.